The molecular formula is C24H30N4O5. The first-order chi connectivity index (χ1) is 16.0. The molecule has 1 aromatic carbocycles. The number of nitrogens with zero attached hydrogens (tertiary/aromatic N) is 4. The van der Waals surface area contributed by atoms with Gasteiger partial charge in [-0.05, 0) is 56.5 Å². The van der Waals surface area contributed by atoms with Gasteiger partial charge >= 0.3 is 0 Å². The number of aromatic nitrogens is 3. The van der Waals surface area contributed by atoms with Gasteiger partial charge in [-0.15, -0.1) is 0 Å². The fourth-order valence-corrected chi connectivity index (χ4v) is 3.92. The molecule has 1 fully saturated rings. The van der Waals surface area contributed by atoms with Crippen LogP contribution >= 0.6 is 0 Å². The Morgan fingerprint density at radius 3 is 2.82 bits per heavy atom. The topological polar surface area (TPSA) is 91.9 Å². The largest absolute Gasteiger partial charge is 0.493 e. The summed E-state index contributed by atoms with van der Waals surface area (Å²) in [6.07, 6.45) is 3.62. The number of rotatable bonds is 10. The van der Waals surface area contributed by atoms with E-state index < -0.39 is 0 Å². The third-order valence-corrected chi connectivity index (χ3v) is 5.60. The van der Waals surface area contributed by atoms with Crippen LogP contribution in [0.2, 0.25) is 0 Å². The second-order valence-electron chi connectivity index (χ2n) is 8.13. The standard InChI is InChI=1S/C24H30N4O5/c1-17-25-18(2)28(26-17)15-24(29)27(14-20-6-4-10-31-20)13-19-8-9-22(30-3)23(12-19)33-16-21-7-5-11-32-21/h5,7-9,11-12,20H,4,6,10,13-16H2,1-3H3. The molecule has 1 saturated heterocycles. The summed E-state index contributed by atoms with van der Waals surface area (Å²) in [5.74, 6) is 3.27. The van der Waals surface area contributed by atoms with Crippen LogP contribution < -0.4 is 9.47 Å². The van der Waals surface area contributed by atoms with Crippen molar-refractivity contribution >= 4 is 5.91 Å². The van der Waals surface area contributed by atoms with Crippen LogP contribution in [-0.2, 0) is 29.2 Å². The van der Waals surface area contributed by atoms with Gasteiger partial charge in [-0.1, -0.05) is 6.07 Å². The average molecular weight is 455 g/mol. The van der Waals surface area contributed by atoms with Gasteiger partial charge in [0.05, 0.1) is 19.5 Å². The second kappa shape index (κ2) is 10.5. The number of methoxy groups -OCH3 is 1. The zero-order valence-corrected chi connectivity index (χ0v) is 19.3. The van der Waals surface area contributed by atoms with E-state index in [1.165, 1.54) is 0 Å². The van der Waals surface area contributed by atoms with Gasteiger partial charge in [0, 0.05) is 19.7 Å². The molecule has 9 nitrogen and oxygen atoms in total. The van der Waals surface area contributed by atoms with Gasteiger partial charge < -0.3 is 23.5 Å². The molecule has 1 aliphatic heterocycles. The number of benzene rings is 1. The van der Waals surface area contributed by atoms with Gasteiger partial charge in [-0.3, -0.25) is 4.79 Å². The quantitative estimate of drug-likeness (QED) is 0.464. The van der Waals surface area contributed by atoms with Gasteiger partial charge in [-0.2, -0.15) is 5.10 Å². The zero-order chi connectivity index (χ0) is 23.2. The first-order valence-electron chi connectivity index (χ1n) is 11.1. The Morgan fingerprint density at radius 2 is 2.15 bits per heavy atom. The molecule has 0 N–H and O–H groups in total. The highest BCUT2D eigenvalue weighted by molar-refractivity contribution is 5.76. The van der Waals surface area contributed by atoms with Crippen molar-refractivity contribution in [2.45, 2.75) is 52.5 Å². The molecule has 0 saturated carbocycles. The maximum absolute atomic E-state index is 13.3. The molecule has 176 valence electrons. The molecule has 1 atom stereocenters. The van der Waals surface area contributed by atoms with Crippen molar-refractivity contribution in [3.8, 4) is 11.5 Å². The Bertz CT molecular complexity index is 1060. The van der Waals surface area contributed by atoms with Crippen LogP contribution in [0.5, 0.6) is 11.5 Å². The van der Waals surface area contributed by atoms with Crippen molar-refractivity contribution in [2.24, 2.45) is 0 Å². The number of ether oxygens (including phenoxy) is 3. The van der Waals surface area contributed by atoms with Crippen LogP contribution in [-0.4, -0.2) is 51.9 Å². The van der Waals surface area contributed by atoms with Crippen molar-refractivity contribution in [2.75, 3.05) is 20.3 Å². The van der Waals surface area contributed by atoms with Crippen LogP contribution in [0.3, 0.4) is 0 Å². The molecule has 0 radical (unpaired) electrons. The highest BCUT2D eigenvalue weighted by atomic mass is 16.5. The molecule has 9 heteroatoms. The summed E-state index contributed by atoms with van der Waals surface area (Å²) in [7, 11) is 1.60. The van der Waals surface area contributed by atoms with Gasteiger partial charge in [0.2, 0.25) is 5.91 Å². The van der Waals surface area contributed by atoms with Crippen LogP contribution in [0.25, 0.3) is 0 Å². The Kier molecular flexibility index (Phi) is 7.29. The van der Waals surface area contributed by atoms with E-state index in [2.05, 4.69) is 10.1 Å². The Balaban J connectivity index is 1.50. The molecular weight excluding hydrogens is 424 g/mol. The van der Waals surface area contributed by atoms with Crippen LogP contribution in [0.1, 0.15) is 35.8 Å². The molecule has 2 aromatic heterocycles. The van der Waals surface area contributed by atoms with E-state index in [-0.39, 0.29) is 25.2 Å². The summed E-state index contributed by atoms with van der Waals surface area (Å²) in [6, 6.07) is 9.37. The smallest absolute Gasteiger partial charge is 0.244 e. The lowest BCUT2D eigenvalue weighted by Gasteiger charge is -2.26. The summed E-state index contributed by atoms with van der Waals surface area (Å²) in [6.45, 7) is 5.78. The third kappa shape index (κ3) is 5.92. The highest BCUT2D eigenvalue weighted by Crippen LogP contribution is 2.30. The fraction of sp³-hybridized carbons (Fsp3) is 0.458. The number of carbonyl (C=O) groups is 1. The maximum atomic E-state index is 13.3. The molecule has 4 rings (SSSR count). The normalized spacial score (nSPS) is 15.5. The van der Waals surface area contributed by atoms with E-state index in [0.29, 0.717) is 30.4 Å². The number of hydrogen-bond acceptors (Lipinski definition) is 7. The van der Waals surface area contributed by atoms with Gasteiger partial charge in [-0.25, -0.2) is 9.67 Å². The lowest BCUT2D eigenvalue weighted by atomic mass is 10.1. The molecule has 0 bridgehead atoms. The summed E-state index contributed by atoms with van der Waals surface area (Å²) in [5, 5.41) is 4.34. The Hall–Kier alpha value is -3.33. The maximum Gasteiger partial charge on any atom is 0.244 e. The number of furan rings is 1. The van der Waals surface area contributed by atoms with Gasteiger partial charge in [0.25, 0.3) is 0 Å². The molecule has 1 amide bonds. The molecule has 0 spiro atoms. The third-order valence-electron chi connectivity index (χ3n) is 5.60. The van der Waals surface area contributed by atoms with Gasteiger partial charge in [0.1, 0.15) is 30.6 Å². The minimum absolute atomic E-state index is 0.0348. The molecule has 3 heterocycles. The molecule has 33 heavy (non-hydrogen) atoms. The van der Waals surface area contributed by atoms with E-state index in [0.717, 1.165) is 36.6 Å². The minimum atomic E-state index is -0.0348. The number of carbonyl (C=O) groups excluding carboxylic acids is 1. The van der Waals surface area contributed by atoms with Crippen molar-refractivity contribution in [3.05, 3.63) is 59.6 Å². The Labute approximate surface area is 193 Å². The number of hydrogen-bond donors (Lipinski definition) is 0. The lowest BCUT2D eigenvalue weighted by Crippen LogP contribution is -2.39. The SMILES string of the molecule is COc1ccc(CN(CC2CCCO2)C(=O)Cn2nc(C)nc2C)cc1OCc1ccco1. The van der Waals surface area contributed by atoms with Crippen molar-refractivity contribution in [3.63, 3.8) is 0 Å². The number of amides is 1. The fourth-order valence-electron chi connectivity index (χ4n) is 3.92. The van der Waals surface area contributed by atoms with Crippen LogP contribution in [0.15, 0.2) is 41.0 Å². The van der Waals surface area contributed by atoms with E-state index in [9.17, 15) is 4.79 Å². The van der Waals surface area contributed by atoms with Crippen molar-refractivity contribution in [1.82, 2.24) is 19.7 Å². The van der Waals surface area contributed by atoms with E-state index >= 15 is 0 Å². The highest BCUT2D eigenvalue weighted by Gasteiger charge is 2.24. The average Bonchev–Trinajstić information content (AvgIpc) is 3.56. The van der Waals surface area contributed by atoms with Gasteiger partial charge in [0.15, 0.2) is 11.5 Å². The molecule has 0 aliphatic carbocycles. The predicted molar refractivity (Wildman–Crippen MR) is 120 cm³/mol. The summed E-state index contributed by atoms with van der Waals surface area (Å²) in [4.78, 5) is 19.4. The second-order valence-corrected chi connectivity index (χ2v) is 8.13. The zero-order valence-electron chi connectivity index (χ0n) is 19.3. The molecule has 1 unspecified atom stereocenters. The molecule has 1 aliphatic rings. The lowest BCUT2D eigenvalue weighted by molar-refractivity contribution is -0.134. The van der Waals surface area contributed by atoms with E-state index in [1.807, 2.05) is 49.1 Å². The summed E-state index contributed by atoms with van der Waals surface area (Å²) in [5.41, 5.74) is 0.933. The van der Waals surface area contributed by atoms with Crippen LogP contribution in [0.4, 0.5) is 0 Å². The number of aryl methyl sites for hydroxylation is 2. The summed E-state index contributed by atoms with van der Waals surface area (Å²) >= 11 is 0. The van der Waals surface area contributed by atoms with Crippen molar-refractivity contribution < 1.29 is 23.4 Å². The Morgan fingerprint density at radius 1 is 1.27 bits per heavy atom. The molecule has 3 aromatic rings. The van der Waals surface area contributed by atoms with Crippen molar-refractivity contribution in [1.29, 1.82) is 0 Å². The minimum Gasteiger partial charge on any atom is -0.493 e. The van der Waals surface area contributed by atoms with E-state index in [1.54, 1.807) is 18.1 Å². The predicted octanol–water partition coefficient (Wildman–Crippen LogP) is 3.28. The summed E-state index contributed by atoms with van der Waals surface area (Å²) < 4.78 is 24.2. The monoisotopic (exact) mass is 454 g/mol. The van der Waals surface area contributed by atoms with E-state index in [4.69, 9.17) is 18.6 Å². The first kappa shape index (κ1) is 22.8. The van der Waals surface area contributed by atoms with Crippen LogP contribution in [0, 0.1) is 13.8 Å². The first-order valence-corrected chi connectivity index (χ1v) is 11.1.